The summed E-state index contributed by atoms with van der Waals surface area (Å²) >= 11 is 0. The number of carbonyl (C=O) groups excluding carboxylic acids is 1. The number of fused-ring (bicyclic) bond motifs is 1. The molecular formula is C16H15NO6. The van der Waals surface area contributed by atoms with E-state index in [0.29, 0.717) is 5.39 Å². The van der Waals surface area contributed by atoms with Crippen molar-refractivity contribution in [2.45, 2.75) is 18.6 Å². The van der Waals surface area contributed by atoms with E-state index in [1.54, 1.807) is 36.4 Å². The van der Waals surface area contributed by atoms with E-state index < -0.39 is 36.4 Å². The molecule has 7 heteroatoms. The maximum Gasteiger partial charge on any atom is 0.328 e. The first-order chi connectivity index (χ1) is 10.9. The van der Waals surface area contributed by atoms with E-state index in [9.17, 15) is 19.5 Å². The van der Waals surface area contributed by atoms with E-state index >= 15 is 0 Å². The van der Waals surface area contributed by atoms with Crippen molar-refractivity contribution in [2.24, 2.45) is 0 Å². The lowest BCUT2D eigenvalue weighted by atomic mass is 10.0. The van der Waals surface area contributed by atoms with Gasteiger partial charge in [0.2, 0.25) is 0 Å². The second kappa shape index (κ2) is 6.89. The number of hydrogen-bond acceptors (Lipinski definition) is 4. The van der Waals surface area contributed by atoms with Crippen LogP contribution in [0.5, 0.6) is 0 Å². The zero-order valence-corrected chi connectivity index (χ0v) is 12.0. The molecule has 0 saturated carbocycles. The van der Waals surface area contributed by atoms with Gasteiger partial charge in [-0.15, -0.1) is 0 Å². The molecule has 7 nitrogen and oxygen atoms in total. The van der Waals surface area contributed by atoms with E-state index in [1.165, 1.54) is 6.07 Å². The van der Waals surface area contributed by atoms with Crippen LogP contribution in [0.2, 0.25) is 0 Å². The Hall–Kier alpha value is -2.93. The zero-order valence-electron chi connectivity index (χ0n) is 12.0. The molecule has 2 atom stereocenters. The summed E-state index contributed by atoms with van der Waals surface area (Å²) in [7, 11) is 0. The van der Waals surface area contributed by atoms with Crippen molar-refractivity contribution in [3.8, 4) is 0 Å². The second-order valence-electron chi connectivity index (χ2n) is 4.98. The molecule has 0 spiro atoms. The van der Waals surface area contributed by atoms with Crippen LogP contribution in [0.3, 0.4) is 0 Å². The van der Waals surface area contributed by atoms with Crippen LogP contribution in [0.15, 0.2) is 42.5 Å². The Bertz CT molecular complexity index is 752. The van der Waals surface area contributed by atoms with E-state index in [0.717, 1.165) is 5.39 Å². The fraction of sp³-hybridized carbons (Fsp3) is 0.188. The van der Waals surface area contributed by atoms with Crippen molar-refractivity contribution in [3.05, 3.63) is 48.0 Å². The molecule has 0 saturated heterocycles. The number of aliphatic hydroxyl groups excluding tert-OH is 1. The molecule has 4 N–H and O–H groups in total. The van der Waals surface area contributed by atoms with Gasteiger partial charge >= 0.3 is 11.9 Å². The van der Waals surface area contributed by atoms with Crippen LogP contribution < -0.4 is 5.32 Å². The summed E-state index contributed by atoms with van der Waals surface area (Å²) in [6.45, 7) is 0. The Kier molecular flexibility index (Phi) is 4.92. The van der Waals surface area contributed by atoms with Gasteiger partial charge in [-0.2, -0.15) is 0 Å². The van der Waals surface area contributed by atoms with Crippen LogP contribution in [0.25, 0.3) is 10.8 Å². The fourth-order valence-electron chi connectivity index (χ4n) is 2.26. The smallest absolute Gasteiger partial charge is 0.328 e. The summed E-state index contributed by atoms with van der Waals surface area (Å²) in [5.41, 5.74) is 0.247. The van der Waals surface area contributed by atoms with Crippen LogP contribution in [-0.2, 0) is 9.59 Å². The lowest BCUT2D eigenvalue weighted by Crippen LogP contribution is -2.49. The van der Waals surface area contributed by atoms with Gasteiger partial charge in [0.05, 0.1) is 12.5 Å². The second-order valence-corrected chi connectivity index (χ2v) is 4.98. The number of carboxylic acids is 2. The molecule has 0 radical (unpaired) electrons. The quantitative estimate of drug-likeness (QED) is 0.626. The predicted molar refractivity (Wildman–Crippen MR) is 81.1 cm³/mol. The van der Waals surface area contributed by atoms with Gasteiger partial charge in [0.1, 0.15) is 0 Å². The molecule has 23 heavy (non-hydrogen) atoms. The summed E-state index contributed by atoms with van der Waals surface area (Å²) in [4.78, 5) is 34.1. The van der Waals surface area contributed by atoms with Gasteiger partial charge in [-0.05, 0) is 16.8 Å². The number of amides is 1. The summed E-state index contributed by atoms with van der Waals surface area (Å²) in [6.07, 6.45) is -2.52. The molecule has 0 aliphatic rings. The van der Waals surface area contributed by atoms with Crippen LogP contribution >= 0.6 is 0 Å². The topological polar surface area (TPSA) is 124 Å². The predicted octanol–water partition coefficient (Wildman–Crippen LogP) is 0.858. The third-order valence-corrected chi connectivity index (χ3v) is 3.36. The molecular weight excluding hydrogens is 302 g/mol. The normalized spacial score (nSPS) is 13.3. The average molecular weight is 317 g/mol. The molecule has 2 aromatic carbocycles. The molecule has 0 aromatic heterocycles. The Balaban J connectivity index is 2.27. The van der Waals surface area contributed by atoms with Crippen molar-refractivity contribution >= 4 is 28.6 Å². The maximum atomic E-state index is 12.3. The average Bonchev–Trinajstić information content (AvgIpc) is 2.50. The summed E-state index contributed by atoms with van der Waals surface area (Å²) < 4.78 is 0. The molecule has 0 bridgehead atoms. The molecule has 2 unspecified atom stereocenters. The minimum atomic E-state index is -1.73. The van der Waals surface area contributed by atoms with Crippen molar-refractivity contribution in [2.75, 3.05) is 0 Å². The molecule has 2 aromatic rings. The lowest BCUT2D eigenvalue weighted by molar-refractivity contribution is -0.145. The molecule has 120 valence electrons. The third-order valence-electron chi connectivity index (χ3n) is 3.36. The summed E-state index contributed by atoms with van der Waals surface area (Å²) in [6, 6.07) is 10.3. The number of nitrogens with one attached hydrogen (secondary N) is 1. The fourth-order valence-corrected chi connectivity index (χ4v) is 2.26. The van der Waals surface area contributed by atoms with Crippen LogP contribution in [-0.4, -0.2) is 45.3 Å². The lowest BCUT2D eigenvalue weighted by Gasteiger charge is -2.19. The Morgan fingerprint density at radius 3 is 2.30 bits per heavy atom. The number of benzene rings is 2. The number of carbonyl (C=O) groups is 3. The molecule has 0 aliphatic heterocycles. The Labute approximate surface area is 131 Å². The number of aliphatic hydroxyl groups is 1. The van der Waals surface area contributed by atoms with Crippen LogP contribution in [0, 0.1) is 0 Å². The van der Waals surface area contributed by atoms with Crippen LogP contribution in [0.1, 0.15) is 16.8 Å². The Morgan fingerprint density at radius 2 is 1.65 bits per heavy atom. The largest absolute Gasteiger partial charge is 0.481 e. The number of hydrogen-bond donors (Lipinski definition) is 4. The van der Waals surface area contributed by atoms with Gasteiger partial charge < -0.3 is 20.6 Å². The molecule has 0 aliphatic carbocycles. The number of rotatable bonds is 6. The monoisotopic (exact) mass is 317 g/mol. The standard InChI is InChI=1S/C16H15NO6/c18-12(8-13(19)20)14(16(22)23)17-15(21)11-7-3-5-9-4-1-2-6-10(9)11/h1-7,12,14,18H,8H2,(H,17,21)(H,19,20)(H,22,23). The summed E-state index contributed by atoms with van der Waals surface area (Å²) in [5, 5.41) is 31.0. The zero-order chi connectivity index (χ0) is 17.0. The highest BCUT2D eigenvalue weighted by molar-refractivity contribution is 6.08. The molecule has 2 rings (SSSR count). The van der Waals surface area contributed by atoms with Gasteiger partial charge in [-0.3, -0.25) is 9.59 Å². The highest BCUT2D eigenvalue weighted by atomic mass is 16.4. The maximum absolute atomic E-state index is 12.3. The highest BCUT2D eigenvalue weighted by Crippen LogP contribution is 2.18. The van der Waals surface area contributed by atoms with E-state index in [-0.39, 0.29) is 5.56 Å². The number of carboxylic acid groups (broad SMARTS) is 2. The van der Waals surface area contributed by atoms with E-state index in [2.05, 4.69) is 5.32 Å². The Morgan fingerprint density at radius 1 is 1.00 bits per heavy atom. The van der Waals surface area contributed by atoms with Crippen molar-refractivity contribution in [1.82, 2.24) is 5.32 Å². The van der Waals surface area contributed by atoms with Gasteiger partial charge in [-0.25, -0.2) is 4.79 Å². The van der Waals surface area contributed by atoms with Gasteiger partial charge in [0, 0.05) is 5.56 Å². The first-order valence-corrected chi connectivity index (χ1v) is 6.81. The first kappa shape index (κ1) is 16.4. The van der Waals surface area contributed by atoms with E-state index in [4.69, 9.17) is 10.2 Å². The van der Waals surface area contributed by atoms with Gasteiger partial charge in [0.25, 0.3) is 5.91 Å². The van der Waals surface area contributed by atoms with Crippen molar-refractivity contribution in [3.63, 3.8) is 0 Å². The van der Waals surface area contributed by atoms with Gasteiger partial charge in [0.15, 0.2) is 6.04 Å². The van der Waals surface area contributed by atoms with E-state index in [1.807, 2.05) is 0 Å². The van der Waals surface area contributed by atoms with Crippen LogP contribution in [0.4, 0.5) is 0 Å². The first-order valence-electron chi connectivity index (χ1n) is 6.81. The minimum Gasteiger partial charge on any atom is -0.481 e. The summed E-state index contributed by atoms with van der Waals surface area (Å²) in [5.74, 6) is -3.56. The van der Waals surface area contributed by atoms with Crippen molar-refractivity contribution < 1.29 is 29.7 Å². The van der Waals surface area contributed by atoms with Crippen molar-refractivity contribution in [1.29, 1.82) is 0 Å². The minimum absolute atomic E-state index is 0.247. The molecule has 1 amide bonds. The SMILES string of the molecule is O=C(O)CC(O)C(NC(=O)c1cccc2ccccc12)C(=O)O. The number of aliphatic carboxylic acids is 2. The highest BCUT2D eigenvalue weighted by Gasteiger charge is 2.30. The van der Waals surface area contributed by atoms with Gasteiger partial charge in [-0.1, -0.05) is 36.4 Å². The molecule has 0 fully saturated rings. The molecule has 0 heterocycles. The third kappa shape index (κ3) is 3.83.